The molecule has 0 aliphatic carbocycles. The highest BCUT2D eigenvalue weighted by atomic mass is 35.5. The number of hydrogen-bond donors (Lipinski definition) is 1. The van der Waals surface area contributed by atoms with Crippen LogP contribution in [0.15, 0.2) is 24.3 Å². The van der Waals surface area contributed by atoms with Crippen LogP contribution in [0.1, 0.15) is 13.3 Å². The van der Waals surface area contributed by atoms with E-state index in [0.717, 1.165) is 4.90 Å². The monoisotopic (exact) mass is 357 g/mol. The first kappa shape index (κ1) is 17.8. The van der Waals surface area contributed by atoms with Gasteiger partial charge in [-0.15, -0.1) is 11.8 Å². The maximum atomic E-state index is 12.4. The molecule has 0 spiro atoms. The molecule has 1 saturated heterocycles. The molecule has 0 saturated carbocycles. The third kappa shape index (κ3) is 4.25. The van der Waals surface area contributed by atoms with Gasteiger partial charge in [-0.2, -0.15) is 0 Å². The van der Waals surface area contributed by atoms with Crippen LogP contribution < -0.4 is 10.6 Å². The minimum Gasteiger partial charge on any atom is -0.462 e. The average molecular weight is 358 g/mol. The van der Waals surface area contributed by atoms with Gasteiger partial charge in [-0.1, -0.05) is 11.6 Å². The Labute approximate surface area is 143 Å². The number of carbonyl (C=O) groups is 3. The quantitative estimate of drug-likeness (QED) is 0.602. The Balaban J connectivity index is 1.98. The fourth-order valence-electron chi connectivity index (χ4n) is 2.16. The summed E-state index contributed by atoms with van der Waals surface area (Å²) in [5, 5.41) is 0.0324. The Bertz CT molecular complexity index is 608. The fraction of sp³-hybridized carbons (Fsp3) is 0.400. The number of anilines is 1. The molecule has 1 aliphatic rings. The molecule has 6 nitrogen and oxygen atoms in total. The van der Waals surface area contributed by atoms with Gasteiger partial charge < -0.3 is 10.5 Å². The number of amides is 2. The zero-order chi connectivity index (χ0) is 17.0. The first-order chi connectivity index (χ1) is 10.9. The number of carbonyl (C=O) groups excluding carboxylic acids is 3. The standard InChI is InChI=1S/C15H17ClN2O4S/c1-2-22-15(21)11(17)8-23-12-7-13(19)18(14(12)20)10-5-3-9(16)4-6-10/h3-6,11-12H,2,7-8,17H2,1H3/p+1/t11-,12+/m0/s1. The highest BCUT2D eigenvalue weighted by Crippen LogP contribution is 2.30. The van der Waals surface area contributed by atoms with E-state index in [4.69, 9.17) is 16.3 Å². The average Bonchev–Trinajstić information content (AvgIpc) is 2.80. The van der Waals surface area contributed by atoms with Crippen LogP contribution in [0, 0.1) is 0 Å². The number of benzene rings is 1. The van der Waals surface area contributed by atoms with Crippen LogP contribution in [-0.2, 0) is 19.1 Å². The molecule has 23 heavy (non-hydrogen) atoms. The van der Waals surface area contributed by atoms with Crippen LogP contribution in [0.4, 0.5) is 5.69 Å². The minimum atomic E-state index is -0.563. The molecule has 0 aromatic heterocycles. The minimum absolute atomic E-state index is 0.113. The summed E-state index contributed by atoms with van der Waals surface area (Å²) in [4.78, 5) is 37.2. The van der Waals surface area contributed by atoms with E-state index in [1.54, 1.807) is 31.2 Å². The summed E-state index contributed by atoms with van der Waals surface area (Å²) in [6.07, 6.45) is 0.113. The van der Waals surface area contributed by atoms with E-state index in [1.165, 1.54) is 11.8 Å². The molecule has 124 valence electrons. The summed E-state index contributed by atoms with van der Waals surface area (Å²) in [6.45, 7) is 2.02. The lowest BCUT2D eigenvalue weighted by molar-refractivity contribution is -0.401. The van der Waals surface area contributed by atoms with Crippen molar-refractivity contribution in [2.24, 2.45) is 0 Å². The third-order valence-electron chi connectivity index (χ3n) is 3.31. The molecule has 0 unspecified atom stereocenters. The van der Waals surface area contributed by atoms with E-state index in [-0.39, 0.29) is 18.2 Å². The summed E-state index contributed by atoms with van der Waals surface area (Å²) in [5.74, 6) is -0.604. The highest BCUT2D eigenvalue weighted by Gasteiger charge is 2.40. The first-order valence-corrected chi connectivity index (χ1v) is 8.60. The largest absolute Gasteiger partial charge is 0.462 e. The number of imide groups is 1. The maximum absolute atomic E-state index is 12.4. The van der Waals surface area contributed by atoms with E-state index in [0.29, 0.717) is 23.1 Å². The Morgan fingerprint density at radius 2 is 2.09 bits per heavy atom. The molecule has 3 N–H and O–H groups in total. The molecule has 0 bridgehead atoms. The Morgan fingerprint density at radius 3 is 2.70 bits per heavy atom. The van der Waals surface area contributed by atoms with Crippen molar-refractivity contribution >= 4 is 46.8 Å². The van der Waals surface area contributed by atoms with Crippen molar-refractivity contribution in [1.82, 2.24) is 0 Å². The first-order valence-electron chi connectivity index (χ1n) is 7.17. The lowest BCUT2D eigenvalue weighted by atomic mass is 10.3. The summed E-state index contributed by atoms with van der Waals surface area (Å²) in [5.41, 5.74) is 4.23. The van der Waals surface area contributed by atoms with Gasteiger partial charge in [0.1, 0.15) is 0 Å². The molecule has 1 aliphatic heterocycles. The Morgan fingerprint density at radius 1 is 1.43 bits per heavy atom. The van der Waals surface area contributed by atoms with Gasteiger partial charge in [0.05, 0.1) is 23.3 Å². The smallest absolute Gasteiger partial charge is 0.365 e. The van der Waals surface area contributed by atoms with Gasteiger partial charge >= 0.3 is 5.97 Å². The molecular formula is C15H18ClN2O4S+. The lowest BCUT2D eigenvalue weighted by Crippen LogP contribution is -2.66. The molecule has 2 amide bonds. The van der Waals surface area contributed by atoms with Crippen LogP contribution in [0.3, 0.4) is 0 Å². The van der Waals surface area contributed by atoms with Gasteiger partial charge in [0.15, 0.2) is 6.04 Å². The number of halogens is 1. The molecule has 1 heterocycles. The number of nitrogens with zero attached hydrogens (tertiary/aromatic N) is 1. The Kier molecular flexibility index (Phi) is 6.04. The zero-order valence-electron chi connectivity index (χ0n) is 12.7. The van der Waals surface area contributed by atoms with Crippen molar-refractivity contribution in [1.29, 1.82) is 0 Å². The van der Waals surface area contributed by atoms with Crippen molar-refractivity contribution in [3.63, 3.8) is 0 Å². The maximum Gasteiger partial charge on any atom is 0.365 e. The van der Waals surface area contributed by atoms with Crippen LogP contribution in [0.2, 0.25) is 5.02 Å². The molecule has 8 heteroatoms. The van der Waals surface area contributed by atoms with Crippen molar-refractivity contribution in [2.45, 2.75) is 24.6 Å². The molecule has 2 atom stereocenters. The van der Waals surface area contributed by atoms with Crippen molar-refractivity contribution in [3.8, 4) is 0 Å². The van der Waals surface area contributed by atoms with E-state index in [1.807, 2.05) is 0 Å². The number of ether oxygens (including phenoxy) is 1. The SMILES string of the molecule is CCOC(=O)[C@@H]([NH3+])CS[C@@H]1CC(=O)N(c2ccc(Cl)cc2)C1=O. The summed E-state index contributed by atoms with van der Waals surface area (Å²) >= 11 is 7.07. The molecular weight excluding hydrogens is 340 g/mol. The fourth-order valence-corrected chi connectivity index (χ4v) is 3.39. The van der Waals surface area contributed by atoms with Gasteiger partial charge in [-0.25, -0.2) is 9.69 Å². The number of hydrogen-bond acceptors (Lipinski definition) is 5. The second-order valence-electron chi connectivity index (χ2n) is 5.02. The molecule has 1 aromatic carbocycles. The van der Waals surface area contributed by atoms with E-state index in [9.17, 15) is 14.4 Å². The van der Waals surface area contributed by atoms with Crippen LogP contribution in [0.5, 0.6) is 0 Å². The summed E-state index contributed by atoms with van der Waals surface area (Å²) in [7, 11) is 0. The molecule has 2 rings (SSSR count). The van der Waals surface area contributed by atoms with Gasteiger partial charge in [-0.3, -0.25) is 9.59 Å². The molecule has 1 aromatic rings. The van der Waals surface area contributed by atoms with E-state index < -0.39 is 17.3 Å². The molecule has 1 fully saturated rings. The molecule has 0 radical (unpaired) electrons. The number of esters is 1. The Hall–Kier alpha value is -1.57. The second kappa shape index (κ2) is 7.81. The summed E-state index contributed by atoms with van der Waals surface area (Å²) < 4.78 is 4.88. The number of quaternary nitrogens is 1. The van der Waals surface area contributed by atoms with Crippen LogP contribution in [-0.4, -0.2) is 41.4 Å². The van der Waals surface area contributed by atoms with Gasteiger partial charge in [0.2, 0.25) is 11.8 Å². The van der Waals surface area contributed by atoms with Crippen molar-refractivity contribution < 1.29 is 24.9 Å². The van der Waals surface area contributed by atoms with E-state index in [2.05, 4.69) is 5.73 Å². The van der Waals surface area contributed by atoms with Gasteiger partial charge in [0, 0.05) is 11.4 Å². The van der Waals surface area contributed by atoms with Crippen molar-refractivity contribution in [2.75, 3.05) is 17.3 Å². The highest BCUT2D eigenvalue weighted by molar-refractivity contribution is 8.00. The lowest BCUT2D eigenvalue weighted by Gasteiger charge is -2.15. The number of thioether (sulfide) groups is 1. The van der Waals surface area contributed by atoms with Crippen LogP contribution in [0.25, 0.3) is 0 Å². The predicted molar refractivity (Wildman–Crippen MR) is 88.1 cm³/mol. The van der Waals surface area contributed by atoms with Crippen molar-refractivity contribution in [3.05, 3.63) is 29.3 Å². The van der Waals surface area contributed by atoms with Gasteiger partial charge in [-0.05, 0) is 31.2 Å². The summed E-state index contributed by atoms with van der Waals surface area (Å²) in [6, 6.07) is 5.96. The second-order valence-corrected chi connectivity index (χ2v) is 6.69. The topological polar surface area (TPSA) is 91.3 Å². The van der Waals surface area contributed by atoms with E-state index >= 15 is 0 Å². The predicted octanol–water partition coefficient (Wildman–Crippen LogP) is 0.879. The van der Waals surface area contributed by atoms with Gasteiger partial charge in [0.25, 0.3) is 0 Å². The normalized spacial score (nSPS) is 19.1. The zero-order valence-corrected chi connectivity index (χ0v) is 14.2. The number of rotatable bonds is 6. The third-order valence-corrected chi connectivity index (χ3v) is 4.93. The van der Waals surface area contributed by atoms with Crippen LogP contribution >= 0.6 is 23.4 Å².